The summed E-state index contributed by atoms with van der Waals surface area (Å²) in [5.74, 6) is 1.66. The van der Waals surface area contributed by atoms with Gasteiger partial charge in [0.15, 0.2) is 0 Å². The topological polar surface area (TPSA) is 47.6 Å². The van der Waals surface area contributed by atoms with Crippen LogP contribution in [0.2, 0.25) is 0 Å². The first-order valence-electron chi connectivity index (χ1n) is 8.69. The zero-order chi connectivity index (χ0) is 18.2. The first-order chi connectivity index (χ1) is 12.0. The number of hydrogen-bond donors (Lipinski definition) is 1. The lowest BCUT2D eigenvalue weighted by Gasteiger charge is -2.18. The number of hydrogen-bond acceptors (Lipinski definition) is 3. The van der Waals surface area contributed by atoms with Gasteiger partial charge in [-0.05, 0) is 44.9 Å². The van der Waals surface area contributed by atoms with Crippen molar-refractivity contribution in [2.24, 2.45) is 0 Å². The van der Waals surface area contributed by atoms with E-state index < -0.39 is 0 Å². The molecule has 1 amide bonds. The van der Waals surface area contributed by atoms with Gasteiger partial charge in [-0.1, -0.05) is 35.9 Å². The predicted octanol–water partition coefficient (Wildman–Crippen LogP) is 4.21. The molecule has 4 heteroatoms. The van der Waals surface area contributed by atoms with Crippen LogP contribution in [0.1, 0.15) is 43.0 Å². The van der Waals surface area contributed by atoms with E-state index in [0.29, 0.717) is 19.4 Å². The van der Waals surface area contributed by atoms with Gasteiger partial charge in [-0.25, -0.2) is 0 Å². The Bertz CT molecular complexity index is 712. The minimum Gasteiger partial charge on any atom is -0.496 e. The Balaban J connectivity index is 1.98. The predicted molar refractivity (Wildman–Crippen MR) is 100 cm³/mol. The van der Waals surface area contributed by atoms with E-state index in [1.807, 2.05) is 63.2 Å². The van der Waals surface area contributed by atoms with Crippen molar-refractivity contribution in [3.05, 3.63) is 59.2 Å². The Morgan fingerprint density at radius 3 is 2.64 bits per heavy atom. The van der Waals surface area contributed by atoms with Crippen molar-refractivity contribution in [2.45, 2.75) is 39.7 Å². The quantitative estimate of drug-likeness (QED) is 0.782. The van der Waals surface area contributed by atoms with Crippen LogP contribution in [0.25, 0.3) is 0 Å². The van der Waals surface area contributed by atoms with E-state index in [9.17, 15) is 4.79 Å². The number of methoxy groups -OCH3 is 1. The fourth-order valence-electron chi connectivity index (χ4n) is 2.84. The minimum absolute atomic E-state index is 0.0161. The molecule has 25 heavy (non-hydrogen) atoms. The van der Waals surface area contributed by atoms with E-state index in [1.165, 1.54) is 0 Å². The van der Waals surface area contributed by atoms with Crippen molar-refractivity contribution in [3.8, 4) is 11.5 Å². The van der Waals surface area contributed by atoms with Crippen LogP contribution in [0, 0.1) is 6.92 Å². The Kier molecular flexibility index (Phi) is 6.87. The number of carbonyl (C=O) groups excluding carboxylic acids is 1. The second-order valence-electron chi connectivity index (χ2n) is 6.08. The van der Waals surface area contributed by atoms with E-state index in [0.717, 1.165) is 28.2 Å². The SMILES string of the molecule is CCOc1ccccc1CCC(=O)N[C@@H](C)c1cc(C)ccc1OC. The highest BCUT2D eigenvalue weighted by atomic mass is 16.5. The molecule has 1 atom stereocenters. The molecule has 2 rings (SSSR count). The number of para-hydroxylation sites is 1. The van der Waals surface area contributed by atoms with Crippen LogP contribution >= 0.6 is 0 Å². The van der Waals surface area contributed by atoms with E-state index in [4.69, 9.17) is 9.47 Å². The summed E-state index contributed by atoms with van der Waals surface area (Å²) in [6, 6.07) is 13.7. The van der Waals surface area contributed by atoms with Crippen LogP contribution in [-0.2, 0) is 11.2 Å². The van der Waals surface area contributed by atoms with Crippen molar-refractivity contribution >= 4 is 5.91 Å². The smallest absolute Gasteiger partial charge is 0.220 e. The standard InChI is InChI=1S/C21H27NO3/c1-5-25-19-9-7-6-8-17(19)11-13-21(23)22-16(3)18-14-15(2)10-12-20(18)24-4/h6-10,12,14,16H,5,11,13H2,1-4H3,(H,22,23)/t16-/m0/s1. The third kappa shape index (κ3) is 5.24. The zero-order valence-corrected chi connectivity index (χ0v) is 15.5. The molecule has 0 saturated carbocycles. The van der Waals surface area contributed by atoms with Crippen LogP contribution in [0.15, 0.2) is 42.5 Å². The van der Waals surface area contributed by atoms with Gasteiger partial charge in [-0.15, -0.1) is 0 Å². The van der Waals surface area contributed by atoms with Gasteiger partial charge in [-0.2, -0.15) is 0 Å². The Hall–Kier alpha value is -2.49. The van der Waals surface area contributed by atoms with Gasteiger partial charge in [0.05, 0.1) is 19.8 Å². The highest BCUT2D eigenvalue weighted by Crippen LogP contribution is 2.26. The average Bonchev–Trinajstić information content (AvgIpc) is 2.61. The Morgan fingerprint density at radius 1 is 1.16 bits per heavy atom. The Labute approximate surface area is 150 Å². The minimum atomic E-state index is -0.107. The molecule has 1 N–H and O–H groups in total. The molecule has 2 aromatic carbocycles. The Morgan fingerprint density at radius 2 is 1.92 bits per heavy atom. The molecule has 2 aromatic rings. The highest BCUT2D eigenvalue weighted by Gasteiger charge is 2.15. The third-order valence-electron chi connectivity index (χ3n) is 4.12. The molecule has 0 fully saturated rings. The molecule has 0 aliphatic carbocycles. The van der Waals surface area contributed by atoms with Gasteiger partial charge in [0, 0.05) is 12.0 Å². The van der Waals surface area contributed by atoms with Gasteiger partial charge in [0.25, 0.3) is 0 Å². The number of nitrogens with one attached hydrogen (secondary N) is 1. The summed E-state index contributed by atoms with van der Waals surface area (Å²) in [6.07, 6.45) is 1.07. The molecule has 0 saturated heterocycles. The number of benzene rings is 2. The number of ether oxygens (including phenoxy) is 2. The molecule has 0 aromatic heterocycles. The molecule has 4 nitrogen and oxygen atoms in total. The van der Waals surface area contributed by atoms with Crippen molar-refractivity contribution in [1.82, 2.24) is 5.32 Å². The summed E-state index contributed by atoms with van der Waals surface area (Å²) >= 11 is 0. The molecule has 0 radical (unpaired) electrons. The van der Waals surface area contributed by atoms with Gasteiger partial charge in [0.1, 0.15) is 11.5 Å². The molecule has 0 aliphatic heterocycles. The normalized spacial score (nSPS) is 11.7. The maximum Gasteiger partial charge on any atom is 0.220 e. The van der Waals surface area contributed by atoms with Crippen molar-refractivity contribution in [3.63, 3.8) is 0 Å². The van der Waals surface area contributed by atoms with Crippen molar-refractivity contribution in [1.29, 1.82) is 0 Å². The molecule has 0 aliphatic rings. The average molecular weight is 341 g/mol. The van der Waals surface area contributed by atoms with Crippen LogP contribution in [-0.4, -0.2) is 19.6 Å². The summed E-state index contributed by atoms with van der Waals surface area (Å²) < 4.78 is 11.0. The van der Waals surface area contributed by atoms with Gasteiger partial charge in [0.2, 0.25) is 5.91 Å². The summed E-state index contributed by atoms with van der Waals surface area (Å²) in [5, 5.41) is 3.06. The first kappa shape index (κ1) is 18.8. The van der Waals surface area contributed by atoms with E-state index in [-0.39, 0.29) is 11.9 Å². The first-order valence-corrected chi connectivity index (χ1v) is 8.69. The molecular formula is C21H27NO3. The summed E-state index contributed by atoms with van der Waals surface area (Å²) in [7, 11) is 1.65. The summed E-state index contributed by atoms with van der Waals surface area (Å²) in [5.41, 5.74) is 3.19. The fourth-order valence-corrected chi connectivity index (χ4v) is 2.84. The van der Waals surface area contributed by atoms with E-state index in [2.05, 4.69) is 5.32 Å². The van der Waals surface area contributed by atoms with E-state index in [1.54, 1.807) is 7.11 Å². The summed E-state index contributed by atoms with van der Waals surface area (Å²) in [6.45, 7) is 6.58. The van der Waals surface area contributed by atoms with Crippen LogP contribution in [0.4, 0.5) is 0 Å². The number of amides is 1. The lowest BCUT2D eigenvalue weighted by molar-refractivity contribution is -0.121. The van der Waals surface area contributed by atoms with Gasteiger partial charge >= 0.3 is 0 Å². The number of aryl methyl sites for hydroxylation is 2. The zero-order valence-electron chi connectivity index (χ0n) is 15.5. The maximum absolute atomic E-state index is 12.4. The lowest BCUT2D eigenvalue weighted by atomic mass is 10.0. The second kappa shape index (κ2) is 9.11. The largest absolute Gasteiger partial charge is 0.496 e. The summed E-state index contributed by atoms with van der Waals surface area (Å²) in [4.78, 5) is 12.4. The number of rotatable bonds is 8. The van der Waals surface area contributed by atoms with E-state index >= 15 is 0 Å². The van der Waals surface area contributed by atoms with Gasteiger partial charge in [-0.3, -0.25) is 4.79 Å². The molecule has 0 spiro atoms. The molecule has 134 valence electrons. The fraction of sp³-hybridized carbons (Fsp3) is 0.381. The lowest BCUT2D eigenvalue weighted by Crippen LogP contribution is -2.27. The monoisotopic (exact) mass is 341 g/mol. The number of carbonyl (C=O) groups is 1. The van der Waals surface area contributed by atoms with Crippen LogP contribution in [0.3, 0.4) is 0 Å². The van der Waals surface area contributed by atoms with Crippen molar-refractivity contribution < 1.29 is 14.3 Å². The van der Waals surface area contributed by atoms with Crippen molar-refractivity contribution in [2.75, 3.05) is 13.7 Å². The van der Waals surface area contributed by atoms with Gasteiger partial charge < -0.3 is 14.8 Å². The molecule has 0 heterocycles. The maximum atomic E-state index is 12.4. The van der Waals surface area contributed by atoms with Crippen LogP contribution in [0.5, 0.6) is 11.5 Å². The second-order valence-corrected chi connectivity index (χ2v) is 6.08. The third-order valence-corrected chi connectivity index (χ3v) is 4.12. The highest BCUT2D eigenvalue weighted by molar-refractivity contribution is 5.77. The molecule has 0 bridgehead atoms. The van der Waals surface area contributed by atoms with Crippen LogP contribution < -0.4 is 14.8 Å². The molecule has 0 unspecified atom stereocenters. The molecular weight excluding hydrogens is 314 g/mol.